The lowest BCUT2D eigenvalue weighted by molar-refractivity contribution is 0.187. The van der Waals surface area contributed by atoms with Crippen LogP contribution in [0.25, 0.3) is 16.8 Å². The van der Waals surface area contributed by atoms with Crippen molar-refractivity contribution in [3.8, 4) is 11.3 Å². The summed E-state index contributed by atoms with van der Waals surface area (Å²) in [5, 5.41) is 4.52. The molecule has 1 aliphatic heterocycles. The molecule has 2 aliphatic rings. The Morgan fingerprint density at radius 3 is 2.69 bits per heavy atom. The van der Waals surface area contributed by atoms with E-state index < -0.39 is 0 Å². The zero-order valence-electron chi connectivity index (χ0n) is 18.0. The molecule has 1 aromatic carbocycles. The van der Waals surface area contributed by atoms with Gasteiger partial charge in [-0.25, -0.2) is 13.9 Å². The lowest BCUT2D eigenvalue weighted by Crippen LogP contribution is -2.44. The Balaban J connectivity index is 1.34. The highest BCUT2D eigenvalue weighted by Gasteiger charge is 2.46. The van der Waals surface area contributed by atoms with E-state index in [-0.39, 0.29) is 17.3 Å². The van der Waals surface area contributed by atoms with Gasteiger partial charge in [0.2, 0.25) is 0 Å². The van der Waals surface area contributed by atoms with Gasteiger partial charge in [0.05, 0.1) is 17.6 Å². The van der Waals surface area contributed by atoms with Crippen molar-refractivity contribution in [3.05, 3.63) is 77.6 Å². The van der Waals surface area contributed by atoms with Crippen LogP contribution in [0, 0.1) is 18.2 Å². The molecule has 6 rings (SSSR count). The second-order valence-corrected chi connectivity index (χ2v) is 9.06. The monoisotopic (exact) mass is 428 g/mol. The minimum absolute atomic E-state index is 0.0291. The van der Waals surface area contributed by atoms with Gasteiger partial charge in [-0.2, -0.15) is 5.10 Å². The largest absolute Gasteiger partial charge is 0.355 e. The molecule has 2 N–H and O–H groups in total. The lowest BCUT2D eigenvalue weighted by atomic mass is 9.73. The van der Waals surface area contributed by atoms with Crippen molar-refractivity contribution in [2.45, 2.75) is 32.2 Å². The van der Waals surface area contributed by atoms with E-state index in [0.717, 1.165) is 49.4 Å². The van der Waals surface area contributed by atoms with Gasteiger partial charge in [-0.1, -0.05) is 12.1 Å². The fourth-order valence-electron chi connectivity index (χ4n) is 5.62. The van der Waals surface area contributed by atoms with Crippen LogP contribution in [0.3, 0.4) is 0 Å². The predicted octanol–water partition coefficient (Wildman–Crippen LogP) is 4.08. The maximum atomic E-state index is 14.6. The van der Waals surface area contributed by atoms with Gasteiger partial charge in [0, 0.05) is 37.1 Å². The summed E-state index contributed by atoms with van der Waals surface area (Å²) in [4.78, 5) is 11.6. The number of aromatic nitrogens is 4. The number of halogens is 1. The minimum atomic E-state index is -0.272. The van der Waals surface area contributed by atoms with Crippen LogP contribution in [-0.4, -0.2) is 32.7 Å². The molecule has 7 heteroatoms. The molecule has 1 fully saturated rings. The molecule has 0 saturated carbocycles. The van der Waals surface area contributed by atoms with Gasteiger partial charge in [-0.05, 0) is 67.0 Å². The summed E-state index contributed by atoms with van der Waals surface area (Å²) in [6, 6.07) is 10.9. The number of fused-ring (bicyclic) bond motifs is 2. The molecule has 32 heavy (non-hydrogen) atoms. The van der Waals surface area contributed by atoms with Crippen molar-refractivity contribution < 1.29 is 4.39 Å². The Bertz CT molecular complexity index is 1320. The highest BCUT2D eigenvalue weighted by Crippen LogP contribution is 2.51. The van der Waals surface area contributed by atoms with Crippen LogP contribution in [0.4, 0.5) is 10.2 Å². The van der Waals surface area contributed by atoms with Crippen molar-refractivity contribution in [3.63, 3.8) is 0 Å². The summed E-state index contributed by atoms with van der Waals surface area (Å²) in [6.07, 6.45) is 8.56. The highest BCUT2D eigenvalue weighted by molar-refractivity contribution is 5.75. The van der Waals surface area contributed by atoms with Crippen LogP contribution >= 0.6 is 0 Å². The van der Waals surface area contributed by atoms with E-state index in [4.69, 9.17) is 10.7 Å². The van der Waals surface area contributed by atoms with E-state index in [1.54, 1.807) is 18.3 Å². The van der Waals surface area contributed by atoms with Gasteiger partial charge in [0.1, 0.15) is 11.3 Å². The summed E-state index contributed by atoms with van der Waals surface area (Å²) in [6.45, 7) is 3.68. The lowest BCUT2D eigenvalue weighted by Gasteiger charge is -2.42. The van der Waals surface area contributed by atoms with Crippen LogP contribution in [0.5, 0.6) is 0 Å². The van der Waals surface area contributed by atoms with Crippen LogP contribution in [-0.2, 0) is 6.42 Å². The van der Waals surface area contributed by atoms with E-state index in [9.17, 15) is 4.39 Å². The molecule has 3 aromatic heterocycles. The van der Waals surface area contributed by atoms with Gasteiger partial charge in [-0.15, -0.1) is 0 Å². The quantitative estimate of drug-likeness (QED) is 0.521. The third-order valence-electron chi connectivity index (χ3n) is 7.37. The van der Waals surface area contributed by atoms with Crippen molar-refractivity contribution in [2.75, 3.05) is 18.0 Å². The SMILES string of the molecule is Cc1nc(N2CCC3(CC2)Cc2ccncc2[C@H]3N)c2ccnn2c1-c1ccccc1F. The highest BCUT2D eigenvalue weighted by atomic mass is 19.1. The average Bonchev–Trinajstić information content (AvgIpc) is 3.39. The molecule has 6 nitrogen and oxygen atoms in total. The smallest absolute Gasteiger partial charge is 0.155 e. The fraction of sp³-hybridized carbons (Fsp3) is 0.320. The standard InChI is InChI=1S/C25H25FN6/c1-16-22(18-4-2-3-5-20(18)26)32-21(7-11-29-32)24(30-16)31-12-8-25(9-13-31)14-17-6-10-28-15-19(17)23(25)27/h2-7,10-11,15,23H,8-9,12-14,27H2,1H3/t23-/m1/s1. The molecule has 1 saturated heterocycles. The summed E-state index contributed by atoms with van der Waals surface area (Å²) < 4.78 is 16.4. The first kappa shape index (κ1) is 19.4. The summed E-state index contributed by atoms with van der Waals surface area (Å²) in [5.74, 6) is 0.631. The van der Waals surface area contributed by atoms with Crippen LogP contribution < -0.4 is 10.6 Å². The molecular weight excluding hydrogens is 403 g/mol. The van der Waals surface area contributed by atoms with E-state index in [1.807, 2.05) is 36.0 Å². The normalized spacial score (nSPS) is 19.6. The van der Waals surface area contributed by atoms with E-state index in [0.29, 0.717) is 11.3 Å². The van der Waals surface area contributed by atoms with Crippen molar-refractivity contribution in [1.82, 2.24) is 19.6 Å². The molecule has 0 radical (unpaired) electrons. The molecule has 0 unspecified atom stereocenters. The molecule has 4 aromatic rings. The Morgan fingerprint density at radius 1 is 1.09 bits per heavy atom. The number of aryl methyl sites for hydroxylation is 1. The molecule has 1 atom stereocenters. The van der Waals surface area contributed by atoms with Crippen molar-refractivity contribution in [1.29, 1.82) is 0 Å². The summed E-state index contributed by atoms with van der Waals surface area (Å²) >= 11 is 0. The van der Waals surface area contributed by atoms with Crippen molar-refractivity contribution in [2.24, 2.45) is 11.1 Å². The number of piperidine rings is 1. The van der Waals surface area contributed by atoms with E-state index >= 15 is 0 Å². The van der Waals surface area contributed by atoms with Crippen LogP contribution in [0.1, 0.15) is 35.7 Å². The number of rotatable bonds is 2. The predicted molar refractivity (Wildman–Crippen MR) is 122 cm³/mol. The Kier molecular flexibility index (Phi) is 4.30. The fourth-order valence-corrected chi connectivity index (χ4v) is 5.62. The average molecular weight is 429 g/mol. The first-order valence-electron chi connectivity index (χ1n) is 11.1. The Hall–Kier alpha value is -3.32. The topological polar surface area (TPSA) is 72.3 Å². The maximum absolute atomic E-state index is 14.6. The minimum Gasteiger partial charge on any atom is -0.355 e. The third kappa shape index (κ3) is 2.77. The van der Waals surface area contributed by atoms with Gasteiger partial charge < -0.3 is 10.6 Å². The number of pyridine rings is 1. The molecule has 1 spiro atoms. The third-order valence-corrected chi connectivity index (χ3v) is 7.37. The molecular formula is C25H25FN6. The number of nitrogens with zero attached hydrogens (tertiary/aromatic N) is 5. The Morgan fingerprint density at radius 2 is 1.91 bits per heavy atom. The number of anilines is 1. The number of hydrogen-bond acceptors (Lipinski definition) is 5. The zero-order chi connectivity index (χ0) is 21.9. The first-order valence-corrected chi connectivity index (χ1v) is 11.1. The van der Waals surface area contributed by atoms with Crippen LogP contribution in [0.15, 0.2) is 55.0 Å². The molecule has 1 aliphatic carbocycles. The zero-order valence-corrected chi connectivity index (χ0v) is 18.0. The number of benzene rings is 1. The number of nitrogens with two attached hydrogens (primary N) is 1. The molecule has 162 valence electrons. The second-order valence-electron chi connectivity index (χ2n) is 9.06. The van der Waals surface area contributed by atoms with Gasteiger partial charge in [0.25, 0.3) is 0 Å². The second kappa shape index (κ2) is 7.10. The van der Waals surface area contributed by atoms with Gasteiger partial charge >= 0.3 is 0 Å². The Labute approximate surface area is 185 Å². The van der Waals surface area contributed by atoms with E-state index in [2.05, 4.69) is 21.0 Å². The van der Waals surface area contributed by atoms with Crippen molar-refractivity contribution >= 4 is 11.3 Å². The van der Waals surface area contributed by atoms with Crippen LogP contribution in [0.2, 0.25) is 0 Å². The first-order chi connectivity index (χ1) is 15.6. The maximum Gasteiger partial charge on any atom is 0.155 e. The van der Waals surface area contributed by atoms with Gasteiger partial charge in [-0.3, -0.25) is 4.98 Å². The van der Waals surface area contributed by atoms with E-state index in [1.165, 1.54) is 17.2 Å². The number of hydrogen-bond donors (Lipinski definition) is 1. The van der Waals surface area contributed by atoms with Gasteiger partial charge in [0.15, 0.2) is 5.82 Å². The molecule has 0 bridgehead atoms. The summed E-state index contributed by atoms with van der Waals surface area (Å²) in [5.41, 5.74) is 12.2. The molecule has 0 amide bonds. The molecule has 4 heterocycles. The summed E-state index contributed by atoms with van der Waals surface area (Å²) in [7, 11) is 0.